The fraction of sp³-hybridized carbons (Fsp3) is 0.636. The minimum Gasteiger partial charge on any atom is -0.494 e. The monoisotopic (exact) mass is 380 g/mol. The summed E-state index contributed by atoms with van der Waals surface area (Å²) < 4.78 is 44.1. The summed E-state index contributed by atoms with van der Waals surface area (Å²) in [6, 6.07) is 2.79. The number of hydrogen-bond donors (Lipinski definition) is 0. The van der Waals surface area contributed by atoms with Crippen molar-refractivity contribution >= 4 is 0 Å². The van der Waals surface area contributed by atoms with E-state index in [1.807, 2.05) is 0 Å². The molecule has 1 heterocycles. The predicted molar refractivity (Wildman–Crippen MR) is 101 cm³/mol. The first-order chi connectivity index (χ1) is 13.1. The van der Waals surface area contributed by atoms with Gasteiger partial charge in [0.05, 0.1) is 26.4 Å². The molecule has 3 nitrogen and oxygen atoms in total. The Balaban J connectivity index is 1.43. The van der Waals surface area contributed by atoms with Crippen molar-refractivity contribution < 1.29 is 23.0 Å². The molecule has 0 N–H and O–H groups in total. The van der Waals surface area contributed by atoms with Crippen LogP contribution in [0.4, 0.5) is 8.78 Å². The largest absolute Gasteiger partial charge is 0.494 e. The van der Waals surface area contributed by atoms with E-state index in [0.29, 0.717) is 25.2 Å². The zero-order valence-corrected chi connectivity index (χ0v) is 16.3. The number of halogens is 2. The van der Waals surface area contributed by atoms with Crippen LogP contribution in [0.3, 0.4) is 0 Å². The second kappa shape index (κ2) is 9.54. The van der Waals surface area contributed by atoms with Gasteiger partial charge in [0.1, 0.15) is 0 Å². The fourth-order valence-electron chi connectivity index (χ4n) is 4.30. The Bertz CT molecular complexity index is 631. The van der Waals surface area contributed by atoms with Crippen molar-refractivity contribution in [1.82, 2.24) is 0 Å². The summed E-state index contributed by atoms with van der Waals surface area (Å²) >= 11 is 0. The number of hydrogen-bond acceptors (Lipinski definition) is 3. The van der Waals surface area contributed by atoms with E-state index in [4.69, 9.17) is 14.2 Å². The van der Waals surface area contributed by atoms with Crippen molar-refractivity contribution in [2.45, 2.75) is 51.6 Å². The minimum absolute atomic E-state index is 0.0716. The van der Waals surface area contributed by atoms with E-state index >= 15 is 0 Å². The Morgan fingerprint density at radius 2 is 1.74 bits per heavy atom. The van der Waals surface area contributed by atoms with E-state index < -0.39 is 11.6 Å². The van der Waals surface area contributed by atoms with E-state index in [-0.39, 0.29) is 17.4 Å². The van der Waals surface area contributed by atoms with E-state index in [2.05, 4.69) is 19.1 Å². The molecular formula is C22H30F2O3. The van der Waals surface area contributed by atoms with Crippen LogP contribution in [0.2, 0.25) is 0 Å². The highest BCUT2D eigenvalue weighted by atomic mass is 19.2. The third-order valence-corrected chi connectivity index (χ3v) is 5.92. The van der Waals surface area contributed by atoms with Crippen LogP contribution in [0.25, 0.3) is 0 Å². The molecule has 0 bridgehead atoms. The zero-order chi connectivity index (χ0) is 19.2. The number of methoxy groups -OCH3 is 1. The molecule has 2 unspecified atom stereocenters. The van der Waals surface area contributed by atoms with Crippen molar-refractivity contribution in [3.05, 3.63) is 35.9 Å². The smallest absolute Gasteiger partial charge is 0.204 e. The molecule has 2 atom stereocenters. The Morgan fingerprint density at radius 1 is 1.04 bits per heavy atom. The highest BCUT2D eigenvalue weighted by Crippen LogP contribution is 2.36. The fourth-order valence-corrected chi connectivity index (χ4v) is 4.30. The molecule has 1 aromatic carbocycles. The molecule has 1 aliphatic carbocycles. The molecule has 0 spiro atoms. The van der Waals surface area contributed by atoms with Crippen LogP contribution in [0.1, 0.15) is 45.4 Å². The van der Waals surface area contributed by atoms with Crippen molar-refractivity contribution in [3.63, 3.8) is 0 Å². The lowest BCUT2D eigenvalue weighted by Gasteiger charge is -2.37. The van der Waals surface area contributed by atoms with Crippen molar-refractivity contribution in [2.24, 2.45) is 17.8 Å². The standard InChI is InChI=1S/C22H30F2O3/c1-3-4-15-5-8-17(9-6-15)18-10-7-16(13-26-18)14-27-20-12-11-19(25-2)21(23)22(20)24/h3-4,11-12,15-18H,5-10,13-14H2,1-2H3/b4-3+. The number of ether oxygens (including phenoxy) is 3. The van der Waals surface area contributed by atoms with Gasteiger partial charge in [-0.1, -0.05) is 12.2 Å². The molecule has 2 aliphatic rings. The van der Waals surface area contributed by atoms with Gasteiger partial charge in [-0.2, -0.15) is 8.78 Å². The van der Waals surface area contributed by atoms with Gasteiger partial charge in [-0.3, -0.25) is 0 Å². The van der Waals surface area contributed by atoms with E-state index in [1.165, 1.54) is 44.9 Å². The maximum absolute atomic E-state index is 14.0. The molecule has 1 saturated heterocycles. The summed E-state index contributed by atoms with van der Waals surface area (Å²) in [5.41, 5.74) is 0. The topological polar surface area (TPSA) is 27.7 Å². The SMILES string of the molecule is C/C=C/C1CCC(C2CCC(COc3ccc(OC)c(F)c3F)CO2)CC1. The van der Waals surface area contributed by atoms with Crippen molar-refractivity contribution in [1.29, 1.82) is 0 Å². The highest BCUT2D eigenvalue weighted by molar-refractivity contribution is 5.34. The van der Waals surface area contributed by atoms with Crippen LogP contribution in [0.5, 0.6) is 11.5 Å². The first kappa shape index (κ1) is 20.1. The third kappa shape index (κ3) is 5.01. The maximum atomic E-state index is 14.0. The quantitative estimate of drug-likeness (QED) is 0.607. The summed E-state index contributed by atoms with van der Waals surface area (Å²) in [4.78, 5) is 0. The molecule has 1 aromatic rings. The second-order valence-electron chi connectivity index (χ2n) is 7.72. The molecule has 5 heteroatoms. The molecule has 0 amide bonds. The summed E-state index contributed by atoms with van der Waals surface area (Å²) in [5.74, 6) is -0.599. The molecule has 1 saturated carbocycles. The van der Waals surface area contributed by atoms with Crippen molar-refractivity contribution in [3.8, 4) is 11.5 Å². The molecule has 1 aliphatic heterocycles. The lowest BCUT2D eigenvalue weighted by atomic mass is 9.77. The van der Waals surface area contributed by atoms with Gasteiger partial charge in [-0.25, -0.2) is 0 Å². The van der Waals surface area contributed by atoms with Gasteiger partial charge < -0.3 is 14.2 Å². The molecule has 3 rings (SSSR count). The zero-order valence-electron chi connectivity index (χ0n) is 16.3. The molecule has 2 fully saturated rings. The Labute approximate surface area is 160 Å². The van der Waals surface area contributed by atoms with E-state index in [9.17, 15) is 8.78 Å². The van der Waals surface area contributed by atoms with Gasteiger partial charge in [-0.15, -0.1) is 0 Å². The van der Waals surface area contributed by atoms with Gasteiger partial charge in [0.15, 0.2) is 11.5 Å². The Hall–Kier alpha value is -1.62. The lowest BCUT2D eigenvalue weighted by molar-refractivity contribution is -0.0643. The molecule has 27 heavy (non-hydrogen) atoms. The van der Waals surface area contributed by atoms with Crippen molar-refractivity contribution in [2.75, 3.05) is 20.3 Å². The van der Waals surface area contributed by atoms with E-state index in [0.717, 1.165) is 18.8 Å². The first-order valence-corrected chi connectivity index (χ1v) is 10.0. The molecule has 0 aromatic heterocycles. The first-order valence-electron chi connectivity index (χ1n) is 10.0. The lowest BCUT2D eigenvalue weighted by Crippen LogP contribution is -2.35. The molecular weight excluding hydrogens is 350 g/mol. The normalized spacial score (nSPS) is 29.0. The number of allylic oxidation sites excluding steroid dienone is 2. The summed E-state index contributed by atoms with van der Waals surface area (Å²) in [6.45, 7) is 3.05. The number of rotatable bonds is 6. The Morgan fingerprint density at radius 3 is 2.37 bits per heavy atom. The van der Waals surface area contributed by atoms with Crippen LogP contribution in [-0.2, 0) is 4.74 Å². The minimum atomic E-state index is -1.01. The van der Waals surface area contributed by atoms with Gasteiger partial charge >= 0.3 is 0 Å². The summed E-state index contributed by atoms with van der Waals surface area (Å²) in [7, 11) is 1.31. The third-order valence-electron chi connectivity index (χ3n) is 5.92. The van der Waals surface area contributed by atoms with Crippen LogP contribution < -0.4 is 9.47 Å². The highest BCUT2D eigenvalue weighted by Gasteiger charge is 2.31. The van der Waals surface area contributed by atoms with Gasteiger partial charge in [-0.05, 0) is 69.4 Å². The maximum Gasteiger partial charge on any atom is 0.204 e. The average molecular weight is 380 g/mol. The molecule has 150 valence electrons. The van der Waals surface area contributed by atoms with E-state index in [1.54, 1.807) is 0 Å². The summed E-state index contributed by atoms with van der Waals surface area (Å²) in [5, 5.41) is 0. The van der Waals surface area contributed by atoms with Crippen LogP contribution in [0, 0.1) is 29.4 Å². The van der Waals surface area contributed by atoms with Gasteiger partial charge in [0.2, 0.25) is 11.6 Å². The van der Waals surface area contributed by atoms with Crippen LogP contribution >= 0.6 is 0 Å². The molecule has 0 radical (unpaired) electrons. The second-order valence-corrected chi connectivity index (χ2v) is 7.72. The summed E-state index contributed by atoms with van der Waals surface area (Å²) in [6.07, 6.45) is 11.8. The average Bonchev–Trinajstić information content (AvgIpc) is 2.70. The Kier molecular flexibility index (Phi) is 7.11. The predicted octanol–water partition coefficient (Wildman–Crippen LogP) is 5.53. The number of benzene rings is 1. The van der Waals surface area contributed by atoms with Gasteiger partial charge in [0, 0.05) is 5.92 Å². The van der Waals surface area contributed by atoms with Gasteiger partial charge in [0.25, 0.3) is 0 Å². The van der Waals surface area contributed by atoms with Crippen LogP contribution in [-0.4, -0.2) is 26.4 Å². The van der Waals surface area contributed by atoms with Crippen LogP contribution in [0.15, 0.2) is 24.3 Å².